The molecule has 0 rings (SSSR count). The molecule has 0 fully saturated rings. The average Bonchev–Trinajstić information content (AvgIpc) is 3.30. The van der Waals surface area contributed by atoms with Gasteiger partial charge >= 0.3 is 5.97 Å². The van der Waals surface area contributed by atoms with Crippen LogP contribution < -0.4 is 11.2 Å². The number of ether oxygens (including phenoxy) is 2. The number of aldehydes is 1. The Labute approximate surface area is 394 Å². The predicted octanol–water partition coefficient (Wildman–Crippen LogP) is 13.3. The summed E-state index contributed by atoms with van der Waals surface area (Å²) in [5.74, 6) is -0.0586. The number of nitrogens with one attached hydrogen (secondary N) is 1. The smallest absolute Gasteiger partial charge is 0.306 e. The highest BCUT2D eigenvalue weighted by atomic mass is 16.5. The first kappa shape index (κ1) is 63.5. The van der Waals surface area contributed by atoms with Gasteiger partial charge in [-0.1, -0.05) is 174 Å². The van der Waals surface area contributed by atoms with Crippen LogP contribution in [0.5, 0.6) is 0 Å². The van der Waals surface area contributed by atoms with Crippen molar-refractivity contribution >= 4 is 29.6 Å². The number of oxime groups is 1. The van der Waals surface area contributed by atoms with Crippen molar-refractivity contribution in [2.24, 2.45) is 20.9 Å². The first-order chi connectivity index (χ1) is 31.3. The fourth-order valence-corrected chi connectivity index (χ4v) is 7.99. The summed E-state index contributed by atoms with van der Waals surface area (Å²) in [6.45, 7) is 12.3. The minimum Gasteiger partial charge on any atom is -0.462 e. The van der Waals surface area contributed by atoms with Gasteiger partial charge in [0.05, 0.1) is 6.10 Å². The van der Waals surface area contributed by atoms with Crippen LogP contribution >= 0.6 is 0 Å². The van der Waals surface area contributed by atoms with Crippen LogP contribution in [-0.2, 0) is 19.1 Å². The molecule has 0 aromatic rings. The van der Waals surface area contributed by atoms with Crippen LogP contribution in [-0.4, -0.2) is 97.5 Å². The number of carbonyl (C=O) groups is 2. The number of esters is 1. The number of methoxy groups -OCH3 is 1. The number of unbranched alkanes of at least 4 members (excludes halogenated alkanes) is 24. The normalized spacial score (nSPS) is 12.7. The predicted molar refractivity (Wildman–Crippen MR) is 271 cm³/mol. The maximum Gasteiger partial charge on any atom is 0.306 e. The van der Waals surface area contributed by atoms with E-state index in [-0.39, 0.29) is 29.5 Å². The molecule has 0 heterocycles. The third kappa shape index (κ3) is 42.1. The minimum absolute atomic E-state index is 0.0152. The van der Waals surface area contributed by atoms with Gasteiger partial charge in [-0.25, -0.2) is 0 Å². The maximum absolute atomic E-state index is 12.8. The molecule has 0 aliphatic rings. The zero-order valence-corrected chi connectivity index (χ0v) is 42.7. The van der Waals surface area contributed by atoms with E-state index >= 15 is 0 Å². The van der Waals surface area contributed by atoms with Crippen LogP contribution in [0.2, 0.25) is 0 Å². The minimum atomic E-state index is -0.0964. The van der Waals surface area contributed by atoms with E-state index < -0.39 is 0 Å². The fraction of sp³-hybridized carbons (Fsp3) is 0.904. The van der Waals surface area contributed by atoms with Crippen molar-refractivity contribution < 1.29 is 29.5 Å². The van der Waals surface area contributed by atoms with E-state index in [4.69, 9.17) is 15.2 Å². The lowest BCUT2D eigenvalue weighted by Crippen LogP contribution is -2.38. The van der Waals surface area contributed by atoms with Crippen molar-refractivity contribution in [3.63, 3.8) is 0 Å². The Hall–Kier alpha value is -2.57. The first-order valence-electron chi connectivity index (χ1n) is 26.6. The number of amidine groups is 2. The van der Waals surface area contributed by atoms with Crippen LogP contribution in [0.3, 0.4) is 0 Å². The van der Waals surface area contributed by atoms with Gasteiger partial charge < -0.3 is 30.1 Å². The van der Waals surface area contributed by atoms with E-state index in [0.717, 1.165) is 129 Å². The second-order valence-corrected chi connectivity index (χ2v) is 17.9. The van der Waals surface area contributed by atoms with Crippen molar-refractivity contribution in [2.45, 2.75) is 265 Å². The van der Waals surface area contributed by atoms with Crippen LogP contribution in [0.15, 0.2) is 15.1 Å². The summed E-state index contributed by atoms with van der Waals surface area (Å²) in [7, 11) is 3.29. The Bertz CT molecular complexity index is 1090. The molecule has 0 saturated carbocycles. The second-order valence-electron chi connectivity index (χ2n) is 17.9. The molecule has 0 amide bonds. The van der Waals surface area contributed by atoms with E-state index in [2.05, 4.69) is 47.7 Å². The number of hydrogen-bond acceptors (Lipinski definition) is 10. The molecule has 0 aromatic carbocycles. The summed E-state index contributed by atoms with van der Waals surface area (Å²) in [6, 6.07) is 0. The largest absolute Gasteiger partial charge is 0.462 e. The monoisotopic (exact) mass is 909 g/mol. The molecule has 0 aromatic heterocycles. The van der Waals surface area contributed by atoms with Gasteiger partial charge in [0.15, 0.2) is 17.4 Å². The average molecular weight is 909 g/mol. The Kier molecular flexibility index (Phi) is 51.0. The Morgan fingerprint density at radius 3 is 1.52 bits per heavy atom. The summed E-state index contributed by atoms with van der Waals surface area (Å²) in [6.07, 6.45) is 42.1. The number of nitrogens with two attached hydrogens (primary N) is 1. The van der Waals surface area contributed by atoms with E-state index in [9.17, 15) is 20.0 Å². The molecular weight excluding hydrogens is 805 g/mol. The molecule has 1 atom stereocenters. The van der Waals surface area contributed by atoms with Crippen molar-refractivity contribution in [2.75, 3.05) is 40.3 Å². The third-order valence-electron chi connectivity index (χ3n) is 12.2. The van der Waals surface area contributed by atoms with Crippen molar-refractivity contribution in [3.8, 4) is 0 Å². The Balaban J connectivity index is 0. The van der Waals surface area contributed by atoms with Crippen LogP contribution in [0.1, 0.15) is 252 Å². The van der Waals surface area contributed by atoms with Crippen molar-refractivity contribution in [1.29, 1.82) is 0 Å². The molecule has 64 heavy (non-hydrogen) atoms. The molecule has 0 saturated heterocycles. The quantitative estimate of drug-likeness (QED) is 0.00882. The standard InChI is InChI=1S/C40H78N6O5.C12H26O/c1-4-6-8-10-15-21-28-36(29-22-16-11-9-7-5-2)51-37(48)30-23-17-14-19-25-33-46(32-24-18-12-13-20-26-35-47)34-27-31-43-40(45-50)38(44-49)39(41)42-3;1-4-6-7-8-9-10-11-12(5-2)13-3/h35-36,49-50H,4-34H2,1-3H3,(H2,41,42)(H,43,45);12H,4-11H2,1-3H3/b44-38+;. The van der Waals surface area contributed by atoms with E-state index in [1.165, 1.54) is 116 Å². The van der Waals surface area contributed by atoms with Gasteiger partial charge in [0, 0.05) is 33.5 Å². The highest BCUT2D eigenvalue weighted by Gasteiger charge is 2.15. The molecular formula is C52H104N6O6. The Morgan fingerprint density at radius 2 is 1.08 bits per heavy atom. The van der Waals surface area contributed by atoms with E-state index in [0.29, 0.717) is 25.5 Å². The molecule has 0 aliphatic carbocycles. The molecule has 0 aliphatic heterocycles. The number of carbonyl (C=O) groups excluding carboxylic acids is 2. The van der Waals surface area contributed by atoms with Crippen LogP contribution in [0.25, 0.3) is 0 Å². The summed E-state index contributed by atoms with van der Waals surface area (Å²) in [5, 5.41) is 21.8. The lowest BCUT2D eigenvalue weighted by molar-refractivity contribution is -0.150. The molecule has 0 spiro atoms. The zero-order valence-electron chi connectivity index (χ0n) is 42.7. The molecule has 378 valence electrons. The number of aliphatic imine (C=N–C) groups is 2. The molecule has 0 radical (unpaired) electrons. The number of rotatable bonds is 46. The summed E-state index contributed by atoms with van der Waals surface area (Å²) >= 11 is 0. The van der Waals surface area contributed by atoms with Gasteiger partial charge in [0.25, 0.3) is 0 Å². The summed E-state index contributed by atoms with van der Waals surface area (Å²) in [5.41, 5.74) is 7.60. The van der Waals surface area contributed by atoms with Gasteiger partial charge in [-0.2, -0.15) is 0 Å². The number of nitrogens with zero attached hydrogens (tertiary/aromatic N) is 4. The highest BCUT2D eigenvalue weighted by molar-refractivity contribution is 6.67. The van der Waals surface area contributed by atoms with Gasteiger partial charge in [-0.3, -0.25) is 25.5 Å². The lowest BCUT2D eigenvalue weighted by Gasteiger charge is -2.22. The van der Waals surface area contributed by atoms with E-state index in [1.54, 1.807) is 0 Å². The fourth-order valence-electron chi connectivity index (χ4n) is 7.99. The molecule has 5 N–H and O–H groups in total. The zero-order chi connectivity index (χ0) is 47.6. The first-order valence-corrected chi connectivity index (χ1v) is 26.6. The van der Waals surface area contributed by atoms with Gasteiger partial charge in [-0.05, 0) is 90.3 Å². The van der Waals surface area contributed by atoms with Crippen LogP contribution in [0.4, 0.5) is 0 Å². The molecule has 0 bridgehead atoms. The summed E-state index contributed by atoms with van der Waals surface area (Å²) < 4.78 is 11.4. The molecule has 1 unspecified atom stereocenters. The lowest BCUT2D eigenvalue weighted by atomic mass is 10.0. The van der Waals surface area contributed by atoms with Gasteiger partial charge in [-0.15, -0.1) is 0 Å². The SMILES string of the molecule is CCCCCCCCC(CC)OC.CCCCCCCCC(CCCCCCCC)OC(=O)CCCCCCCN(CCCCCCCC=O)CCCN=C(NO)/C(=N/O)C(N)=NC. The number of hydrogen-bond donors (Lipinski definition) is 4. The maximum atomic E-state index is 12.8. The van der Waals surface area contributed by atoms with Gasteiger partial charge in [0.1, 0.15) is 12.4 Å². The van der Waals surface area contributed by atoms with Crippen LogP contribution in [0, 0.1) is 0 Å². The van der Waals surface area contributed by atoms with Gasteiger partial charge in [0.2, 0.25) is 0 Å². The Morgan fingerprint density at radius 1 is 0.641 bits per heavy atom. The third-order valence-corrected chi connectivity index (χ3v) is 12.2. The van der Waals surface area contributed by atoms with E-state index in [1.807, 2.05) is 12.6 Å². The number of hydroxylamine groups is 1. The second kappa shape index (κ2) is 51.4. The van der Waals surface area contributed by atoms with Crippen molar-refractivity contribution in [1.82, 2.24) is 10.4 Å². The molecule has 12 nitrogen and oxygen atoms in total. The topological polar surface area (TPSA) is 171 Å². The molecule has 12 heteroatoms. The highest BCUT2D eigenvalue weighted by Crippen LogP contribution is 2.19. The summed E-state index contributed by atoms with van der Waals surface area (Å²) in [4.78, 5) is 33.9. The van der Waals surface area contributed by atoms with Crippen molar-refractivity contribution in [3.05, 3.63) is 0 Å².